The van der Waals surface area contributed by atoms with Crippen LogP contribution in [0.3, 0.4) is 0 Å². The topological polar surface area (TPSA) is 28.7 Å². The Kier molecular flexibility index (Phi) is 3.79. The summed E-state index contributed by atoms with van der Waals surface area (Å²) in [7, 11) is 0. The standard InChI is InChI=1S/C15H17ClN2S/c1-9-12(10-6-5-7-11(16)8-10)17-14(15(2,3)4)18-13(9)19/h5-8H,1-4H3,(H,17,18,19). The van der Waals surface area contributed by atoms with Crippen LogP contribution >= 0.6 is 23.8 Å². The molecule has 0 aliphatic carbocycles. The summed E-state index contributed by atoms with van der Waals surface area (Å²) >= 11 is 11.4. The van der Waals surface area contributed by atoms with E-state index in [9.17, 15) is 0 Å². The Morgan fingerprint density at radius 1 is 1.26 bits per heavy atom. The highest BCUT2D eigenvalue weighted by molar-refractivity contribution is 7.71. The van der Waals surface area contributed by atoms with Crippen molar-refractivity contribution >= 4 is 23.8 Å². The van der Waals surface area contributed by atoms with Gasteiger partial charge in [-0.05, 0) is 24.6 Å². The van der Waals surface area contributed by atoms with Crippen LogP contribution in [0.1, 0.15) is 32.2 Å². The lowest BCUT2D eigenvalue weighted by Gasteiger charge is -2.19. The fourth-order valence-corrected chi connectivity index (χ4v) is 2.20. The predicted molar refractivity (Wildman–Crippen MR) is 83.3 cm³/mol. The molecule has 0 spiro atoms. The van der Waals surface area contributed by atoms with Crippen LogP contribution in [0.2, 0.25) is 5.02 Å². The zero-order chi connectivity index (χ0) is 14.2. The highest BCUT2D eigenvalue weighted by Gasteiger charge is 2.18. The second-order valence-corrected chi connectivity index (χ2v) is 6.47. The van der Waals surface area contributed by atoms with Crippen molar-refractivity contribution in [2.45, 2.75) is 33.1 Å². The minimum atomic E-state index is -0.0748. The van der Waals surface area contributed by atoms with Gasteiger partial charge in [-0.3, -0.25) is 0 Å². The Hall–Kier alpha value is -1.19. The first-order valence-electron chi connectivity index (χ1n) is 6.16. The third-order valence-corrected chi connectivity index (χ3v) is 3.61. The first-order chi connectivity index (χ1) is 8.79. The Morgan fingerprint density at radius 2 is 1.95 bits per heavy atom. The normalized spacial score (nSPS) is 11.6. The molecule has 0 bridgehead atoms. The number of benzene rings is 1. The van der Waals surface area contributed by atoms with E-state index in [0.29, 0.717) is 9.66 Å². The number of H-pyrrole nitrogens is 1. The van der Waals surface area contributed by atoms with Crippen molar-refractivity contribution in [3.05, 3.63) is 45.3 Å². The molecule has 0 saturated heterocycles. The van der Waals surface area contributed by atoms with E-state index in [1.807, 2.05) is 31.2 Å². The first kappa shape index (κ1) is 14.2. The van der Waals surface area contributed by atoms with Gasteiger partial charge in [-0.2, -0.15) is 0 Å². The number of rotatable bonds is 1. The summed E-state index contributed by atoms with van der Waals surface area (Å²) in [6.07, 6.45) is 0. The van der Waals surface area contributed by atoms with Crippen molar-refractivity contribution in [1.82, 2.24) is 9.97 Å². The molecule has 0 unspecified atom stereocenters. The van der Waals surface area contributed by atoms with E-state index in [1.54, 1.807) is 0 Å². The highest BCUT2D eigenvalue weighted by Crippen LogP contribution is 2.27. The maximum Gasteiger partial charge on any atom is 0.133 e. The van der Waals surface area contributed by atoms with Gasteiger partial charge in [-0.25, -0.2) is 4.98 Å². The molecular weight excluding hydrogens is 276 g/mol. The van der Waals surface area contributed by atoms with Crippen LogP contribution in [-0.4, -0.2) is 9.97 Å². The fraction of sp³-hybridized carbons (Fsp3) is 0.333. The van der Waals surface area contributed by atoms with Gasteiger partial charge in [0.15, 0.2) is 0 Å². The summed E-state index contributed by atoms with van der Waals surface area (Å²) < 4.78 is 0.638. The fourth-order valence-electron chi connectivity index (χ4n) is 1.82. The molecule has 1 aromatic carbocycles. The van der Waals surface area contributed by atoms with Gasteiger partial charge >= 0.3 is 0 Å². The van der Waals surface area contributed by atoms with E-state index in [0.717, 1.165) is 22.6 Å². The molecule has 100 valence electrons. The van der Waals surface area contributed by atoms with Gasteiger partial charge in [-0.15, -0.1) is 0 Å². The number of aromatic nitrogens is 2. The molecule has 4 heteroatoms. The zero-order valence-corrected chi connectivity index (χ0v) is 13.1. The monoisotopic (exact) mass is 292 g/mol. The zero-order valence-electron chi connectivity index (χ0n) is 11.5. The van der Waals surface area contributed by atoms with E-state index >= 15 is 0 Å². The van der Waals surface area contributed by atoms with E-state index < -0.39 is 0 Å². The lowest BCUT2D eigenvalue weighted by atomic mass is 9.95. The Labute approximate surface area is 123 Å². The van der Waals surface area contributed by atoms with Crippen molar-refractivity contribution in [1.29, 1.82) is 0 Å². The second-order valence-electron chi connectivity index (χ2n) is 5.65. The Bertz CT molecular complexity index is 669. The maximum atomic E-state index is 6.06. The Balaban J connectivity index is 2.70. The molecule has 1 heterocycles. The SMILES string of the molecule is Cc1c(-c2cccc(Cl)c2)[nH]c(C(C)(C)C)nc1=S. The van der Waals surface area contributed by atoms with Gasteiger partial charge in [0.05, 0.1) is 5.69 Å². The molecule has 0 saturated carbocycles. The van der Waals surface area contributed by atoms with Crippen LogP contribution in [-0.2, 0) is 5.41 Å². The number of aromatic amines is 1. The predicted octanol–water partition coefficient (Wildman–Crippen LogP) is 5.07. The summed E-state index contributed by atoms with van der Waals surface area (Å²) in [5.41, 5.74) is 2.93. The molecule has 0 aliphatic rings. The third kappa shape index (κ3) is 3.04. The minimum Gasteiger partial charge on any atom is -0.342 e. The molecule has 0 amide bonds. The maximum absolute atomic E-state index is 6.06. The van der Waals surface area contributed by atoms with Gasteiger partial charge in [-0.1, -0.05) is 56.7 Å². The van der Waals surface area contributed by atoms with Gasteiger partial charge in [0.1, 0.15) is 10.5 Å². The van der Waals surface area contributed by atoms with E-state index in [-0.39, 0.29) is 5.41 Å². The average Bonchev–Trinajstić information content (AvgIpc) is 2.31. The highest BCUT2D eigenvalue weighted by atomic mass is 35.5. The summed E-state index contributed by atoms with van der Waals surface area (Å²) in [6.45, 7) is 8.31. The summed E-state index contributed by atoms with van der Waals surface area (Å²) in [4.78, 5) is 7.88. The molecule has 1 aromatic heterocycles. The van der Waals surface area contributed by atoms with Crippen molar-refractivity contribution in [3.8, 4) is 11.3 Å². The summed E-state index contributed by atoms with van der Waals surface area (Å²) in [6, 6.07) is 7.75. The van der Waals surface area contributed by atoms with Crippen LogP contribution in [0.5, 0.6) is 0 Å². The molecule has 2 rings (SSSR count). The van der Waals surface area contributed by atoms with Gasteiger partial charge < -0.3 is 4.98 Å². The first-order valence-corrected chi connectivity index (χ1v) is 6.95. The number of nitrogens with zero attached hydrogens (tertiary/aromatic N) is 1. The molecule has 0 radical (unpaired) electrons. The molecule has 0 fully saturated rings. The van der Waals surface area contributed by atoms with Crippen LogP contribution in [0, 0.1) is 11.6 Å². The van der Waals surface area contributed by atoms with Gasteiger partial charge in [0.25, 0.3) is 0 Å². The van der Waals surface area contributed by atoms with Crippen LogP contribution in [0.15, 0.2) is 24.3 Å². The van der Waals surface area contributed by atoms with E-state index in [4.69, 9.17) is 23.8 Å². The van der Waals surface area contributed by atoms with E-state index in [1.165, 1.54) is 0 Å². The summed E-state index contributed by atoms with van der Waals surface area (Å²) in [5.74, 6) is 0.887. The number of hydrogen-bond donors (Lipinski definition) is 1. The van der Waals surface area contributed by atoms with E-state index in [2.05, 4.69) is 30.7 Å². The Morgan fingerprint density at radius 3 is 2.53 bits per heavy atom. The molecule has 2 aromatic rings. The second kappa shape index (κ2) is 5.06. The third-order valence-electron chi connectivity index (χ3n) is 2.98. The van der Waals surface area contributed by atoms with Crippen molar-refractivity contribution < 1.29 is 0 Å². The molecule has 0 aliphatic heterocycles. The van der Waals surface area contributed by atoms with Crippen LogP contribution in [0.25, 0.3) is 11.3 Å². The largest absolute Gasteiger partial charge is 0.342 e. The van der Waals surface area contributed by atoms with Gasteiger partial charge in [0, 0.05) is 16.0 Å². The van der Waals surface area contributed by atoms with Crippen LogP contribution in [0.4, 0.5) is 0 Å². The van der Waals surface area contributed by atoms with Crippen molar-refractivity contribution in [2.75, 3.05) is 0 Å². The molecule has 0 atom stereocenters. The molecular formula is C15H17ClN2S. The van der Waals surface area contributed by atoms with Crippen LogP contribution < -0.4 is 0 Å². The molecule has 2 nitrogen and oxygen atoms in total. The number of halogens is 1. The average molecular weight is 293 g/mol. The van der Waals surface area contributed by atoms with Gasteiger partial charge in [0.2, 0.25) is 0 Å². The number of nitrogens with one attached hydrogen (secondary N) is 1. The quantitative estimate of drug-likeness (QED) is 0.744. The molecule has 1 N–H and O–H groups in total. The smallest absolute Gasteiger partial charge is 0.133 e. The lowest BCUT2D eigenvalue weighted by molar-refractivity contribution is 0.544. The summed E-state index contributed by atoms with van der Waals surface area (Å²) in [5, 5.41) is 0.713. The minimum absolute atomic E-state index is 0.0748. The lowest BCUT2D eigenvalue weighted by Crippen LogP contribution is -2.17. The van der Waals surface area contributed by atoms with Crippen molar-refractivity contribution in [2.24, 2.45) is 0 Å². The molecule has 19 heavy (non-hydrogen) atoms. The number of hydrogen-bond acceptors (Lipinski definition) is 2. The van der Waals surface area contributed by atoms with Crippen molar-refractivity contribution in [3.63, 3.8) is 0 Å².